The van der Waals surface area contributed by atoms with Crippen LogP contribution in [0.2, 0.25) is 0 Å². The molecule has 3 rings (SSSR count). The molecular weight excluding hydrogens is 320 g/mol. The van der Waals surface area contributed by atoms with Gasteiger partial charge in [-0.1, -0.05) is 0 Å². The van der Waals surface area contributed by atoms with Crippen molar-refractivity contribution in [1.29, 1.82) is 0 Å². The lowest BCUT2D eigenvalue weighted by atomic mass is 10.1. The lowest BCUT2D eigenvalue weighted by molar-refractivity contribution is -0.121. The number of carbonyl (C=O) groups excluding carboxylic acids is 1. The fraction of sp³-hybridized carbons (Fsp3) is 0.278. The number of thiazole rings is 1. The minimum atomic E-state index is -0.0486. The average Bonchev–Trinajstić information content (AvgIpc) is 3.14. The maximum absolute atomic E-state index is 12.3. The summed E-state index contributed by atoms with van der Waals surface area (Å²) in [4.78, 5) is 20.9. The number of pyridine rings is 1. The van der Waals surface area contributed by atoms with E-state index in [1.165, 1.54) is 0 Å². The molecule has 3 heterocycles. The molecule has 6 heteroatoms. The number of hydrogen-bond donors (Lipinski definition) is 1. The van der Waals surface area contributed by atoms with Gasteiger partial charge in [0.05, 0.1) is 18.2 Å². The number of aryl methyl sites for hydroxylation is 2. The van der Waals surface area contributed by atoms with Crippen molar-refractivity contribution in [2.45, 2.75) is 33.2 Å². The number of hydrogen-bond acceptors (Lipinski definition) is 4. The van der Waals surface area contributed by atoms with E-state index in [1.54, 1.807) is 23.7 Å². The number of nitrogens with zero attached hydrogens (tertiary/aromatic N) is 3. The zero-order valence-electron chi connectivity index (χ0n) is 14.0. The quantitative estimate of drug-likeness (QED) is 0.775. The maximum Gasteiger partial charge on any atom is 0.226 e. The Labute approximate surface area is 145 Å². The van der Waals surface area contributed by atoms with E-state index < -0.39 is 0 Å². The molecule has 124 valence electrons. The first-order valence-corrected chi connectivity index (χ1v) is 8.71. The second-order valence-corrected chi connectivity index (χ2v) is 6.66. The van der Waals surface area contributed by atoms with E-state index in [2.05, 4.69) is 45.8 Å². The maximum atomic E-state index is 12.3. The van der Waals surface area contributed by atoms with Gasteiger partial charge in [0.2, 0.25) is 5.91 Å². The molecule has 1 N–H and O–H groups in total. The molecule has 5 nitrogen and oxygen atoms in total. The third kappa shape index (κ3) is 3.54. The summed E-state index contributed by atoms with van der Waals surface area (Å²) < 4.78 is 2.10. The predicted molar refractivity (Wildman–Crippen MR) is 95.4 cm³/mol. The normalized spacial score (nSPS) is 12.1. The van der Waals surface area contributed by atoms with Crippen molar-refractivity contribution in [3.63, 3.8) is 0 Å². The van der Waals surface area contributed by atoms with Crippen molar-refractivity contribution >= 4 is 17.2 Å². The van der Waals surface area contributed by atoms with Crippen LogP contribution in [0.3, 0.4) is 0 Å². The summed E-state index contributed by atoms with van der Waals surface area (Å²) in [5.74, 6) is -0.0305. The lowest BCUT2D eigenvalue weighted by Crippen LogP contribution is -2.28. The molecule has 0 aliphatic heterocycles. The van der Waals surface area contributed by atoms with Crippen molar-refractivity contribution in [3.8, 4) is 5.13 Å². The Hall–Kier alpha value is -2.47. The SMILES string of the molecule is Cc1ccc(C)n1-c1nc(CC(=O)N[C@H](C)c2ccncc2)cs1. The molecule has 1 atom stereocenters. The van der Waals surface area contributed by atoms with Crippen molar-refractivity contribution in [2.75, 3.05) is 0 Å². The van der Waals surface area contributed by atoms with E-state index in [-0.39, 0.29) is 18.4 Å². The molecule has 0 radical (unpaired) electrons. The van der Waals surface area contributed by atoms with E-state index in [1.807, 2.05) is 24.4 Å². The van der Waals surface area contributed by atoms with Crippen LogP contribution in [0.25, 0.3) is 5.13 Å². The first-order valence-electron chi connectivity index (χ1n) is 7.83. The first kappa shape index (κ1) is 16.4. The molecule has 0 aromatic carbocycles. The van der Waals surface area contributed by atoms with Gasteiger partial charge in [-0.3, -0.25) is 14.3 Å². The summed E-state index contributed by atoms with van der Waals surface area (Å²) in [5, 5.41) is 5.85. The molecule has 0 bridgehead atoms. The molecule has 0 unspecified atom stereocenters. The topological polar surface area (TPSA) is 59.8 Å². The fourth-order valence-electron chi connectivity index (χ4n) is 2.64. The van der Waals surface area contributed by atoms with Crippen LogP contribution in [0.5, 0.6) is 0 Å². The fourth-order valence-corrected chi connectivity index (χ4v) is 3.58. The lowest BCUT2D eigenvalue weighted by Gasteiger charge is -2.13. The Balaban J connectivity index is 1.66. The summed E-state index contributed by atoms with van der Waals surface area (Å²) in [6, 6.07) is 7.90. The van der Waals surface area contributed by atoms with Crippen LogP contribution < -0.4 is 5.32 Å². The second-order valence-electron chi connectivity index (χ2n) is 5.82. The molecule has 0 spiro atoms. The number of nitrogens with one attached hydrogen (secondary N) is 1. The number of aromatic nitrogens is 3. The molecule has 24 heavy (non-hydrogen) atoms. The monoisotopic (exact) mass is 340 g/mol. The van der Waals surface area contributed by atoms with Crippen LogP contribution in [-0.4, -0.2) is 20.4 Å². The van der Waals surface area contributed by atoms with Gasteiger partial charge in [-0.2, -0.15) is 0 Å². The highest BCUT2D eigenvalue weighted by molar-refractivity contribution is 7.12. The van der Waals surface area contributed by atoms with Gasteiger partial charge in [-0.05, 0) is 50.6 Å². The van der Waals surface area contributed by atoms with Gasteiger partial charge < -0.3 is 5.32 Å². The molecule has 0 aliphatic carbocycles. The number of amides is 1. The van der Waals surface area contributed by atoms with E-state index in [0.717, 1.165) is 27.8 Å². The van der Waals surface area contributed by atoms with E-state index in [9.17, 15) is 4.79 Å². The van der Waals surface area contributed by atoms with Crippen LogP contribution in [0, 0.1) is 13.8 Å². The highest BCUT2D eigenvalue weighted by atomic mass is 32.1. The summed E-state index contributed by atoms with van der Waals surface area (Å²) >= 11 is 1.56. The Morgan fingerprint density at radius 2 is 1.88 bits per heavy atom. The molecule has 0 saturated carbocycles. The van der Waals surface area contributed by atoms with Gasteiger partial charge in [-0.15, -0.1) is 11.3 Å². The van der Waals surface area contributed by atoms with Crippen molar-refractivity contribution in [2.24, 2.45) is 0 Å². The minimum absolute atomic E-state index is 0.0305. The Bertz CT molecular complexity index is 818. The van der Waals surface area contributed by atoms with E-state index in [0.29, 0.717) is 0 Å². The van der Waals surface area contributed by atoms with Crippen LogP contribution in [0.4, 0.5) is 0 Å². The highest BCUT2D eigenvalue weighted by Crippen LogP contribution is 2.20. The van der Waals surface area contributed by atoms with Crippen LogP contribution >= 0.6 is 11.3 Å². The van der Waals surface area contributed by atoms with Gasteiger partial charge in [0.15, 0.2) is 5.13 Å². The molecule has 1 amide bonds. The summed E-state index contributed by atoms with van der Waals surface area (Å²) in [6.07, 6.45) is 3.74. The standard InChI is InChI=1S/C18H20N4OS/c1-12-4-5-13(2)22(12)18-21-16(11-24-18)10-17(23)20-14(3)15-6-8-19-9-7-15/h4-9,11,14H,10H2,1-3H3,(H,20,23)/t14-/m1/s1. The van der Waals surface area contributed by atoms with Gasteiger partial charge in [0.1, 0.15) is 0 Å². The van der Waals surface area contributed by atoms with Gasteiger partial charge >= 0.3 is 0 Å². The van der Waals surface area contributed by atoms with Gasteiger partial charge in [-0.25, -0.2) is 4.98 Å². The molecule has 3 aromatic heterocycles. The highest BCUT2D eigenvalue weighted by Gasteiger charge is 2.13. The molecule has 0 fully saturated rings. The smallest absolute Gasteiger partial charge is 0.226 e. The first-order chi connectivity index (χ1) is 11.5. The molecule has 0 aliphatic rings. The summed E-state index contributed by atoms with van der Waals surface area (Å²) in [5.41, 5.74) is 4.12. The third-order valence-electron chi connectivity index (χ3n) is 3.93. The largest absolute Gasteiger partial charge is 0.349 e. The van der Waals surface area contributed by atoms with Crippen molar-refractivity contribution in [1.82, 2.24) is 19.9 Å². The van der Waals surface area contributed by atoms with Crippen LogP contribution in [0.1, 0.15) is 35.6 Å². The minimum Gasteiger partial charge on any atom is -0.349 e. The van der Waals surface area contributed by atoms with Crippen LogP contribution in [0.15, 0.2) is 42.0 Å². The summed E-state index contributed by atoms with van der Waals surface area (Å²) in [6.45, 7) is 6.07. The number of rotatable bonds is 5. The van der Waals surface area contributed by atoms with Gasteiger partial charge in [0, 0.05) is 29.2 Å². The van der Waals surface area contributed by atoms with E-state index in [4.69, 9.17) is 0 Å². The molecule has 0 saturated heterocycles. The second kappa shape index (κ2) is 6.97. The summed E-state index contributed by atoms with van der Waals surface area (Å²) in [7, 11) is 0. The number of carbonyl (C=O) groups is 1. The predicted octanol–water partition coefficient (Wildman–Crippen LogP) is 3.37. The van der Waals surface area contributed by atoms with Crippen LogP contribution in [-0.2, 0) is 11.2 Å². The average molecular weight is 340 g/mol. The molecular formula is C18H20N4OS. The zero-order valence-corrected chi connectivity index (χ0v) is 14.8. The zero-order chi connectivity index (χ0) is 17.1. The Morgan fingerprint density at radius 1 is 1.21 bits per heavy atom. The Morgan fingerprint density at radius 3 is 2.54 bits per heavy atom. The molecule has 3 aromatic rings. The van der Waals surface area contributed by atoms with Gasteiger partial charge in [0.25, 0.3) is 0 Å². The van der Waals surface area contributed by atoms with Crippen molar-refractivity contribution < 1.29 is 4.79 Å². The third-order valence-corrected chi connectivity index (χ3v) is 4.80. The van der Waals surface area contributed by atoms with E-state index >= 15 is 0 Å². The Kier molecular flexibility index (Phi) is 4.76. The van der Waals surface area contributed by atoms with Crippen molar-refractivity contribution in [3.05, 3.63) is 64.7 Å².